The van der Waals surface area contributed by atoms with E-state index in [0.29, 0.717) is 29.7 Å². The van der Waals surface area contributed by atoms with Crippen LogP contribution in [0.15, 0.2) is 12.3 Å². The normalized spacial score (nSPS) is 22.8. The highest BCUT2D eigenvalue weighted by molar-refractivity contribution is 6.31. The van der Waals surface area contributed by atoms with Crippen molar-refractivity contribution in [2.24, 2.45) is 18.7 Å². The van der Waals surface area contributed by atoms with Gasteiger partial charge in [0.2, 0.25) is 0 Å². The molecule has 1 aromatic rings. The summed E-state index contributed by atoms with van der Waals surface area (Å²) in [6.07, 6.45) is 6.35. The summed E-state index contributed by atoms with van der Waals surface area (Å²) >= 11 is 5.99. The fourth-order valence-corrected chi connectivity index (χ4v) is 3.54. The fourth-order valence-electron chi connectivity index (χ4n) is 3.29. The van der Waals surface area contributed by atoms with Gasteiger partial charge in [-0.1, -0.05) is 24.4 Å². The number of rotatable bonds is 4. The molecule has 2 N–H and O–H groups in total. The van der Waals surface area contributed by atoms with E-state index in [1.807, 2.05) is 18.9 Å². The molecule has 5 heteroatoms. The van der Waals surface area contributed by atoms with Crippen molar-refractivity contribution in [3.05, 3.63) is 23.0 Å². The quantitative estimate of drug-likeness (QED) is 0.929. The van der Waals surface area contributed by atoms with Gasteiger partial charge < -0.3 is 15.2 Å². The van der Waals surface area contributed by atoms with Crippen LogP contribution >= 0.6 is 11.6 Å². The molecule has 1 heterocycles. The van der Waals surface area contributed by atoms with E-state index < -0.39 is 0 Å². The largest absolute Gasteiger partial charge is 0.345 e. The van der Waals surface area contributed by atoms with E-state index in [-0.39, 0.29) is 11.9 Å². The number of hydrogen-bond donors (Lipinski definition) is 1. The maximum absolute atomic E-state index is 12.8. The number of carbonyl (C=O) groups excluding carboxylic acids is 1. The summed E-state index contributed by atoms with van der Waals surface area (Å²) in [6, 6.07) is 2.01. The molecule has 4 nitrogen and oxygen atoms in total. The number of aromatic nitrogens is 1. The summed E-state index contributed by atoms with van der Waals surface area (Å²) in [5, 5.41) is 0.603. The molecule has 0 aliphatic heterocycles. The number of nitrogens with zero attached hydrogens (tertiary/aromatic N) is 2. The van der Waals surface area contributed by atoms with Gasteiger partial charge in [-0.3, -0.25) is 4.79 Å². The molecule has 0 bridgehead atoms. The van der Waals surface area contributed by atoms with Gasteiger partial charge in [0.1, 0.15) is 5.69 Å². The van der Waals surface area contributed by atoms with Crippen LogP contribution in [0.5, 0.6) is 0 Å². The van der Waals surface area contributed by atoms with Crippen LogP contribution in [0.4, 0.5) is 0 Å². The molecule has 112 valence electrons. The van der Waals surface area contributed by atoms with Crippen LogP contribution in [0.2, 0.25) is 5.02 Å². The van der Waals surface area contributed by atoms with Gasteiger partial charge >= 0.3 is 0 Å². The Morgan fingerprint density at radius 1 is 1.50 bits per heavy atom. The van der Waals surface area contributed by atoms with Crippen LogP contribution in [0.25, 0.3) is 0 Å². The van der Waals surface area contributed by atoms with Gasteiger partial charge in [0, 0.05) is 25.8 Å². The van der Waals surface area contributed by atoms with Crippen LogP contribution in [-0.4, -0.2) is 34.5 Å². The highest BCUT2D eigenvalue weighted by Crippen LogP contribution is 2.29. The van der Waals surface area contributed by atoms with E-state index in [2.05, 4.69) is 0 Å². The number of nitrogens with two attached hydrogens (primary N) is 1. The van der Waals surface area contributed by atoms with Gasteiger partial charge in [-0.05, 0) is 38.3 Å². The highest BCUT2D eigenvalue weighted by atomic mass is 35.5. The number of halogens is 1. The topological polar surface area (TPSA) is 51.3 Å². The Labute approximate surface area is 125 Å². The predicted molar refractivity (Wildman–Crippen MR) is 81.9 cm³/mol. The molecule has 0 spiro atoms. The molecular formula is C15H24ClN3O. The lowest BCUT2D eigenvalue weighted by molar-refractivity contribution is 0.0550. The highest BCUT2D eigenvalue weighted by Gasteiger charge is 2.32. The summed E-state index contributed by atoms with van der Waals surface area (Å²) in [5.41, 5.74) is 6.55. The van der Waals surface area contributed by atoms with Crippen molar-refractivity contribution in [3.63, 3.8) is 0 Å². The maximum Gasteiger partial charge on any atom is 0.270 e. The van der Waals surface area contributed by atoms with E-state index in [1.165, 1.54) is 12.8 Å². The Morgan fingerprint density at radius 2 is 2.20 bits per heavy atom. The average molecular weight is 298 g/mol. The molecule has 0 saturated heterocycles. The zero-order valence-corrected chi connectivity index (χ0v) is 13.1. The summed E-state index contributed by atoms with van der Waals surface area (Å²) < 4.78 is 1.80. The Balaban J connectivity index is 2.22. The molecule has 2 rings (SSSR count). The van der Waals surface area contributed by atoms with Gasteiger partial charge in [-0.25, -0.2) is 0 Å². The van der Waals surface area contributed by atoms with Crippen molar-refractivity contribution < 1.29 is 4.79 Å². The van der Waals surface area contributed by atoms with Crippen molar-refractivity contribution in [3.8, 4) is 0 Å². The molecule has 0 aromatic carbocycles. The first-order valence-corrected chi connectivity index (χ1v) is 7.79. The van der Waals surface area contributed by atoms with Gasteiger partial charge in [0.05, 0.1) is 5.02 Å². The Bertz CT molecular complexity index is 472. The van der Waals surface area contributed by atoms with E-state index >= 15 is 0 Å². The van der Waals surface area contributed by atoms with Crippen LogP contribution in [-0.2, 0) is 7.05 Å². The predicted octanol–water partition coefficient (Wildman–Crippen LogP) is 2.66. The van der Waals surface area contributed by atoms with Crippen molar-refractivity contribution in [2.45, 2.75) is 38.6 Å². The van der Waals surface area contributed by atoms with E-state index in [4.69, 9.17) is 17.3 Å². The van der Waals surface area contributed by atoms with Crippen LogP contribution < -0.4 is 5.73 Å². The zero-order valence-electron chi connectivity index (χ0n) is 12.3. The summed E-state index contributed by atoms with van der Waals surface area (Å²) in [5.74, 6) is 0.482. The maximum atomic E-state index is 12.8. The lowest BCUT2D eigenvalue weighted by Gasteiger charge is -2.39. The minimum atomic E-state index is 0.0623. The van der Waals surface area contributed by atoms with Gasteiger partial charge in [-0.2, -0.15) is 0 Å². The average Bonchev–Trinajstić information content (AvgIpc) is 2.79. The monoisotopic (exact) mass is 297 g/mol. The molecule has 2 unspecified atom stereocenters. The molecule has 1 aromatic heterocycles. The Kier molecular flexibility index (Phi) is 5.11. The number of carbonyl (C=O) groups is 1. The third-order valence-corrected chi connectivity index (χ3v) is 4.57. The van der Waals surface area contributed by atoms with Crippen LogP contribution in [0.1, 0.15) is 43.1 Å². The molecule has 1 amide bonds. The summed E-state index contributed by atoms with van der Waals surface area (Å²) in [7, 11) is 1.86. The summed E-state index contributed by atoms with van der Waals surface area (Å²) in [4.78, 5) is 14.8. The minimum absolute atomic E-state index is 0.0623. The molecule has 1 aliphatic carbocycles. The van der Waals surface area contributed by atoms with Crippen LogP contribution in [0, 0.1) is 5.92 Å². The minimum Gasteiger partial charge on any atom is -0.345 e. The van der Waals surface area contributed by atoms with Crippen molar-refractivity contribution in [1.29, 1.82) is 0 Å². The molecule has 1 saturated carbocycles. The first-order valence-electron chi connectivity index (χ1n) is 7.41. The molecule has 1 fully saturated rings. The first-order chi connectivity index (χ1) is 9.58. The second-order valence-corrected chi connectivity index (χ2v) is 6.03. The molecule has 20 heavy (non-hydrogen) atoms. The van der Waals surface area contributed by atoms with Crippen molar-refractivity contribution in [1.82, 2.24) is 9.47 Å². The van der Waals surface area contributed by atoms with E-state index in [1.54, 1.807) is 16.8 Å². The number of aryl methyl sites for hydroxylation is 1. The second kappa shape index (κ2) is 6.64. The third kappa shape index (κ3) is 3.01. The zero-order chi connectivity index (χ0) is 14.7. The molecule has 0 radical (unpaired) electrons. The fraction of sp³-hybridized carbons (Fsp3) is 0.667. The van der Waals surface area contributed by atoms with Gasteiger partial charge in [-0.15, -0.1) is 0 Å². The Morgan fingerprint density at radius 3 is 2.75 bits per heavy atom. The first kappa shape index (κ1) is 15.4. The number of hydrogen-bond acceptors (Lipinski definition) is 2. The molecular weight excluding hydrogens is 274 g/mol. The lowest BCUT2D eigenvalue weighted by atomic mass is 9.83. The second-order valence-electron chi connectivity index (χ2n) is 5.59. The Hall–Kier alpha value is -1.00. The van der Waals surface area contributed by atoms with Crippen molar-refractivity contribution >= 4 is 17.5 Å². The lowest BCUT2D eigenvalue weighted by Crippen LogP contribution is -2.48. The standard InChI is InChI=1S/C15H24ClN3O/c1-3-19(13-7-5-4-6-11(13)9-17)15(20)14-8-12(16)10-18(14)2/h8,10-11,13H,3-7,9,17H2,1-2H3. The van der Waals surface area contributed by atoms with Crippen molar-refractivity contribution in [2.75, 3.05) is 13.1 Å². The van der Waals surface area contributed by atoms with Gasteiger partial charge in [0.25, 0.3) is 5.91 Å². The molecule has 1 aliphatic rings. The van der Waals surface area contributed by atoms with Gasteiger partial charge in [0.15, 0.2) is 0 Å². The van der Waals surface area contributed by atoms with Crippen LogP contribution in [0.3, 0.4) is 0 Å². The third-order valence-electron chi connectivity index (χ3n) is 4.36. The summed E-state index contributed by atoms with van der Waals surface area (Å²) in [6.45, 7) is 3.40. The SMILES string of the molecule is CCN(C(=O)c1cc(Cl)cn1C)C1CCCCC1CN. The van der Waals surface area contributed by atoms with E-state index in [0.717, 1.165) is 12.8 Å². The number of amides is 1. The smallest absolute Gasteiger partial charge is 0.270 e. The van der Waals surface area contributed by atoms with E-state index in [9.17, 15) is 4.79 Å². The molecule has 2 atom stereocenters.